The third kappa shape index (κ3) is 4.21. The van der Waals surface area contributed by atoms with Gasteiger partial charge in [-0.15, -0.1) is 0 Å². The largest absolute Gasteiger partial charge is 0.457 e. The maximum atomic E-state index is 12.4. The molecular weight excluding hydrogens is 340 g/mol. The van der Waals surface area contributed by atoms with Gasteiger partial charge in [0.25, 0.3) is 5.78 Å². The Morgan fingerprint density at radius 2 is 1.74 bits per heavy atom. The van der Waals surface area contributed by atoms with E-state index in [-0.39, 0.29) is 18.9 Å². The van der Waals surface area contributed by atoms with Crippen LogP contribution < -0.4 is 0 Å². The van der Waals surface area contributed by atoms with Gasteiger partial charge in [-0.05, 0) is 54.4 Å². The van der Waals surface area contributed by atoms with Crippen molar-refractivity contribution in [3.8, 4) is 0 Å². The fraction of sp³-hybridized carbons (Fsp3) is 0.318. The molecule has 1 aliphatic carbocycles. The summed E-state index contributed by atoms with van der Waals surface area (Å²) < 4.78 is 4.78. The average Bonchev–Trinajstić information content (AvgIpc) is 2.83. The molecule has 0 saturated heterocycles. The highest BCUT2D eigenvalue weighted by Crippen LogP contribution is 2.34. The number of Topliss-reactive ketones (excluding diaryl/α,β-unsaturated/α-hetero) is 1. The van der Waals surface area contributed by atoms with Crippen molar-refractivity contribution < 1.29 is 19.1 Å². The molecule has 0 spiro atoms. The number of benzene rings is 2. The molecule has 0 heterocycles. The van der Waals surface area contributed by atoms with Gasteiger partial charge >= 0.3 is 11.7 Å². The molecule has 138 valence electrons. The van der Waals surface area contributed by atoms with E-state index in [2.05, 4.69) is 35.1 Å². The Morgan fingerprint density at radius 3 is 2.44 bits per heavy atom. The van der Waals surface area contributed by atoms with Crippen LogP contribution in [0.3, 0.4) is 0 Å². The van der Waals surface area contributed by atoms with Crippen LogP contribution >= 0.6 is 0 Å². The SMILES string of the molecule is CCOC(=O)C(=[N+]=[N-])C(=O)CC[C@H]1Cc2ccccc2Cc2ccccc21. The molecule has 0 aromatic heterocycles. The highest BCUT2D eigenvalue weighted by molar-refractivity contribution is 6.62. The van der Waals surface area contributed by atoms with Gasteiger partial charge in [-0.3, -0.25) is 4.79 Å². The van der Waals surface area contributed by atoms with Crippen molar-refractivity contribution in [1.82, 2.24) is 0 Å². The zero-order valence-electron chi connectivity index (χ0n) is 15.4. The normalized spacial score (nSPS) is 14.9. The molecule has 3 rings (SSSR count). The third-order valence-electron chi connectivity index (χ3n) is 5.01. The van der Waals surface area contributed by atoms with Gasteiger partial charge in [0.2, 0.25) is 0 Å². The van der Waals surface area contributed by atoms with E-state index in [9.17, 15) is 9.59 Å². The van der Waals surface area contributed by atoms with E-state index in [1.165, 1.54) is 22.3 Å². The molecule has 27 heavy (non-hydrogen) atoms. The van der Waals surface area contributed by atoms with Crippen LogP contribution in [0, 0.1) is 0 Å². The zero-order valence-corrected chi connectivity index (χ0v) is 15.4. The number of fused-ring (bicyclic) bond motifs is 2. The first-order valence-corrected chi connectivity index (χ1v) is 9.21. The minimum atomic E-state index is -0.878. The molecule has 5 heteroatoms. The monoisotopic (exact) mass is 362 g/mol. The van der Waals surface area contributed by atoms with Gasteiger partial charge < -0.3 is 10.3 Å². The van der Waals surface area contributed by atoms with E-state index in [1.54, 1.807) is 6.92 Å². The molecule has 1 aliphatic rings. The van der Waals surface area contributed by atoms with Crippen LogP contribution in [0.1, 0.15) is 47.9 Å². The Bertz CT molecular complexity index is 913. The quantitative estimate of drug-likeness (QED) is 0.259. The summed E-state index contributed by atoms with van der Waals surface area (Å²) in [5.41, 5.74) is 13.6. The highest BCUT2D eigenvalue weighted by Gasteiger charge is 2.32. The van der Waals surface area contributed by atoms with E-state index >= 15 is 0 Å². The Balaban J connectivity index is 1.81. The van der Waals surface area contributed by atoms with Crippen LogP contribution in [0.4, 0.5) is 0 Å². The van der Waals surface area contributed by atoms with E-state index in [1.807, 2.05) is 18.2 Å². The molecule has 0 saturated carbocycles. The molecule has 0 fully saturated rings. The minimum Gasteiger partial charge on any atom is -0.457 e. The second kappa shape index (κ2) is 8.56. The summed E-state index contributed by atoms with van der Waals surface area (Å²) in [6.45, 7) is 1.76. The lowest BCUT2D eigenvalue weighted by molar-refractivity contribution is -0.141. The van der Waals surface area contributed by atoms with Crippen molar-refractivity contribution >= 4 is 17.5 Å². The maximum absolute atomic E-state index is 12.4. The summed E-state index contributed by atoms with van der Waals surface area (Å²) in [5.74, 6) is -1.21. The smallest absolute Gasteiger partial charge is 0.441 e. The molecule has 1 atom stereocenters. The number of rotatable bonds is 6. The molecule has 0 unspecified atom stereocenters. The highest BCUT2D eigenvalue weighted by atomic mass is 16.5. The van der Waals surface area contributed by atoms with E-state index in [4.69, 9.17) is 10.3 Å². The topological polar surface area (TPSA) is 79.8 Å². The summed E-state index contributed by atoms with van der Waals surface area (Å²) in [7, 11) is 0. The Hall–Kier alpha value is -3.04. The van der Waals surface area contributed by atoms with Gasteiger partial charge in [0, 0.05) is 6.42 Å². The average molecular weight is 362 g/mol. The molecule has 0 aliphatic heterocycles. The molecule has 5 nitrogen and oxygen atoms in total. The molecule has 0 bridgehead atoms. The summed E-state index contributed by atoms with van der Waals surface area (Å²) in [4.78, 5) is 27.0. The predicted molar refractivity (Wildman–Crippen MR) is 102 cm³/mol. The summed E-state index contributed by atoms with van der Waals surface area (Å²) in [6.07, 6.45) is 2.41. The first-order chi connectivity index (χ1) is 13.1. The number of nitrogens with zero attached hydrogens (tertiary/aromatic N) is 2. The number of carbonyl (C=O) groups is 2. The molecule has 2 aromatic carbocycles. The van der Waals surface area contributed by atoms with Crippen molar-refractivity contribution in [2.24, 2.45) is 0 Å². The molecule has 0 amide bonds. The molecular formula is C22H22N2O3. The Kier molecular flexibility index (Phi) is 5.94. The van der Waals surface area contributed by atoms with Gasteiger partial charge in [0.15, 0.2) is 0 Å². The van der Waals surface area contributed by atoms with Crippen LogP contribution in [0.2, 0.25) is 0 Å². The summed E-state index contributed by atoms with van der Waals surface area (Å²) in [6, 6.07) is 16.7. The number of hydrogen-bond acceptors (Lipinski definition) is 3. The van der Waals surface area contributed by atoms with Crippen molar-refractivity contribution in [2.75, 3.05) is 6.61 Å². The lowest BCUT2D eigenvalue weighted by Crippen LogP contribution is -2.27. The molecule has 0 N–H and O–H groups in total. The second-order valence-corrected chi connectivity index (χ2v) is 6.68. The standard InChI is InChI=1S/C22H22N2O3/c1-2-27-22(26)21(24-23)20(25)12-11-18-14-16-8-4-3-7-15(16)13-17-9-5-6-10-19(17)18/h3-10,18H,2,11-14H2,1H3/t18-/m0/s1. The Labute approximate surface area is 158 Å². The summed E-state index contributed by atoms with van der Waals surface area (Å²) in [5, 5.41) is 0. The van der Waals surface area contributed by atoms with Crippen LogP contribution in [-0.4, -0.2) is 28.9 Å². The van der Waals surface area contributed by atoms with Crippen molar-refractivity contribution in [3.05, 3.63) is 76.3 Å². The number of esters is 1. The van der Waals surface area contributed by atoms with E-state index < -0.39 is 17.5 Å². The van der Waals surface area contributed by atoms with Gasteiger partial charge in [-0.25, -0.2) is 4.79 Å². The lowest BCUT2D eigenvalue weighted by atomic mass is 9.87. The first kappa shape index (κ1) is 18.7. The van der Waals surface area contributed by atoms with E-state index in [0.29, 0.717) is 6.42 Å². The van der Waals surface area contributed by atoms with Crippen molar-refractivity contribution in [3.63, 3.8) is 0 Å². The Morgan fingerprint density at radius 1 is 1.07 bits per heavy atom. The molecule has 2 aromatic rings. The zero-order chi connectivity index (χ0) is 19.2. The van der Waals surface area contributed by atoms with Crippen LogP contribution in [0.15, 0.2) is 48.5 Å². The van der Waals surface area contributed by atoms with Gasteiger partial charge in [0.1, 0.15) is 0 Å². The number of ketones is 1. The second-order valence-electron chi connectivity index (χ2n) is 6.68. The minimum absolute atomic E-state index is 0.123. The van der Waals surface area contributed by atoms with Gasteiger partial charge in [0.05, 0.1) is 6.61 Å². The summed E-state index contributed by atoms with van der Waals surface area (Å²) >= 11 is 0. The number of ether oxygens (including phenoxy) is 1. The van der Waals surface area contributed by atoms with Crippen LogP contribution in [0.25, 0.3) is 5.53 Å². The predicted octanol–water partition coefficient (Wildman–Crippen LogP) is 3.50. The third-order valence-corrected chi connectivity index (χ3v) is 5.01. The van der Waals surface area contributed by atoms with Crippen LogP contribution in [0.5, 0.6) is 0 Å². The van der Waals surface area contributed by atoms with Gasteiger partial charge in [-0.1, -0.05) is 48.5 Å². The van der Waals surface area contributed by atoms with Crippen molar-refractivity contribution in [1.29, 1.82) is 0 Å². The fourth-order valence-electron chi connectivity index (χ4n) is 3.69. The van der Waals surface area contributed by atoms with Gasteiger partial charge in [-0.2, -0.15) is 4.79 Å². The maximum Gasteiger partial charge on any atom is 0.441 e. The van der Waals surface area contributed by atoms with Crippen molar-refractivity contribution in [2.45, 2.75) is 38.5 Å². The fourth-order valence-corrected chi connectivity index (χ4v) is 3.69. The number of carbonyl (C=O) groups excluding carboxylic acids is 2. The van der Waals surface area contributed by atoms with Crippen LogP contribution in [-0.2, 0) is 27.2 Å². The van der Waals surface area contributed by atoms with E-state index in [0.717, 1.165) is 12.8 Å². The molecule has 0 radical (unpaired) electrons. The lowest BCUT2D eigenvalue weighted by Gasteiger charge is -2.17. The first-order valence-electron chi connectivity index (χ1n) is 9.21. The number of hydrogen-bond donors (Lipinski definition) is 0.